The Morgan fingerprint density at radius 1 is 1.15 bits per heavy atom. The number of nitrogens with two attached hydrogens (primary N) is 1. The first-order chi connectivity index (χ1) is 26.0. The van der Waals surface area contributed by atoms with Crippen molar-refractivity contribution in [3.8, 4) is 11.5 Å². The van der Waals surface area contributed by atoms with E-state index in [0.717, 1.165) is 22.7 Å². The highest BCUT2D eigenvalue weighted by Gasteiger charge is 2.56. The summed E-state index contributed by atoms with van der Waals surface area (Å²) in [6.45, 7) is 5.01. The minimum Gasteiger partial charge on any atom is -0.504 e. The Labute approximate surface area is 326 Å². The smallest absolute Gasteiger partial charge is 0.352 e. The van der Waals surface area contributed by atoms with Crippen molar-refractivity contribution in [3.63, 3.8) is 0 Å². The van der Waals surface area contributed by atoms with Crippen LogP contribution in [-0.4, -0.2) is 142 Å². The first-order valence-corrected chi connectivity index (χ1v) is 19.1. The van der Waals surface area contributed by atoms with Crippen molar-refractivity contribution >= 4 is 81.2 Å². The van der Waals surface area contributed by atoms with E-state index in [4.69, 9.17) is 27.3 Å². The molecule has 2 saturated heterocycles. The molecule has 2 aromatic rings. The minimum atomic E-state index is -1.95. The number of carboxylic acid groups (broad SMARTS) is 3. The molecule has 296 valence electrons. The number of nitrogens with one attached hydrogen (secondary N) is 1. The number of hydrogen-bond donors (Lipinski definition) is 7. The first-order valence-electron chi connectivity index (χ1n) is 16.9. The van der Waals surface area contributed by atoms with Crippen LogP contribution in [0.4, 0.5) is 5.13 Å². The van der Waals surface area contributed by atoms with Gasteiger partial charge in [0, 0.05) is 42.9 Å². The number of halogens is 1. The molecule has 3 aliphatic heterocycles. The van der Waals surface area contributed by atoms with Crippen molar-refractivity contribution in [2.45, 2.75) is 68.3 Å². The van der Waals surface area contributed by atoms with E-state index >= 15 is 0 Å². The number of phenolic OH excluding ortho intramolecular Hbond substituents is 2. The second kappa shape index (κ2) is 17.1. The van der Waals surface area contributed by atoms with E-state index in [1.54, 1.807) is 11.8 Å². The standard InChI is InChI=1S/C33H38ClN7O12S2/c1-3-4-15-7-8-39(9-10-40(15)28(47)16-5-6-19(42)26(45)22(16)34)12-17-14(2)55-30-24(29(48)41(30)25(17)32(51)52)37-27(46)23(18-13-54-33(35)36-18)38-53-20(31(49)50)11-21(43)44/h5-6,13-15,20,24,30,42,45H,3-4,7-12H2,1-2H3,(H2,35,36)(H,37,46)(H,43,44)(H,49,50)(H,51,52)/b38-23-/t14-,15?,20-,24+,30+/m0/s1. The summed E-state index contributed by atoms with van der Waals surface area (Å²) in [4.78, 5) is 89.8. The zero-order chi connectivity index (χ0) is 40.3. The van der Waals surface area contributed by atoms with E-state index in [1.165, 1.54) is 29.3 Å². The van der Waals surface area contributed by atoms with Gasteiger partial charge in [-0.3, -0.25) is 29.0 Å². The zero-order valence-corrected chi connectivity index (χ0v) is 31.8. The van der Waals surface area contributed by atoms with Crippen LogP contribution < -0.4 is 11.1 Å². The highest BCUT2D eigenvalue weighted by atomic mass is 35.5. The molecule has 5 rings (SSSR count). The van der Waals surface area contributed by atoms with Crippen LogP contribution in [0.5, 0.6) is 11.5 Å². The van der Waals surface area contributed by atoms with Crippen molar-refractivity contribution < 1.29 is 59.1 Å². The van der Waals surface area contributed by atoms with E-state index in [1.807, 2.05) is 11.8 Å². The third-order valence-electron chi connectivity index (χ3n) is 9.28. The van der Waals surface area contributed by atoms with Gasteiger partial charge < -0.3 is 46.3 Å². The largest absolute Gasteiger partial charge is 0.504 e. The van der Waals surface area contributed by atoms with Crippen LogP contribution in [0.2, 0.25) is 5.02 Å². The maximum absolute atomic E-state index is 13.7. The number of benzene rings is 1. The molecule has 1 aromatic carbocycles. The average Bonchev–Trinajstić information content (AvgIpc) is 3.46. The summed E-state index contributed by atoms with van der Waals surface area (Å²) in [6.07, 6.45) is -0.942. The van der Waals surface area contributed by atoms with Crippen LogP contribution in [0.25, 0.3) is 0 Å². The lowest BCUT2D eigenvalue weighted by Crippen LogP contribution is -2.71. The van der Waals surface area contributed by atoms with Crippen LogP contribution >= 0.6 is 34.7 Å². The molecule has 2 fully saturated rings. The number of thiazole rings is 1. The van der Waals surface area contributed by atoms with Crippen molar-refractivity contribution in [1.82, 2.24) is 25.0 Å². The summed E-state index contributed by atoms with van der Waals surface area (Å²) in [7, 11) is 0. The van der Waals surface area contributed by atoms with E-state index in [0.29, 0.717) is 31.5 Å². The fourth-order valence-electron chi connectivity index (χ4n) is 6.52. The zero-order valence-electron chi connectivity index (χ0n) is 29.4. The van der Waals surface area contributed by atoms with Crippen molar-refractivity contribution in [2.24, 2.45) is 5.16 Å². The molecule has 0 radical (unpaired) electrons. The molecular weight excluding hydrogens is 786 g/mol. The molecule has 22 heteroatoms. The number of phenols is 2. The molecule has 8 N–H and O–H groups in total. The number of aliphatic carboxylic acids is 3. The summed E-state index contributed by atoms with van der Waals surface area (Å²) >= 11 is 8.40. The number of fused-ring (bicyclic) bond motifs is 1. The van der Waals surface area contributed by atoms with Crippen molar-refractivity contribution in [3.05, 3.63) is 45.1 Å². The van der Waals surface area contributed by atoms with Crippen LogP contribution in [-0.2, 0) is 28.8 Å². The molecule has 19 nitrogen and oxygen atoms in total. The number of thioether (sulfide) groups is 1. The number of anilines is 1. The molecule has 4 heterocycles. The van der Waals surface area contributed by atoms with Crippen LogP contribution in [0.3, 0.4) is 0 Å². The van der Waals surface area contributed by atoms with Gasteiger partial charge in [0.2, 0.25) is 6.10 Å². The number of oxime groups is 1. The normalized spacial score (nSPS) is 22.3. The summed E-state index contributed by atoms with van der Waals surface area (Å²) in [5.41, 5.74) is 5.24. The van der Waals surface area contributed by atoms with Gasteiger partial charge in [0.25, 0.3) is 17.7 Å². The van der Waals surface area contributed by atoms with E-state index in [-0.39, 0.29) is 46.2 Å². The van der Waals surface area contributed by atoms with Gasteiger partial charge in [0.15, 0.2) is 22.3 Å². The van der Waals surface area contributed by atoms with Crippen LogP contribution in [0.1, 0.15) is 55.6 Å². The third kappa shape index (κ3) is 8.74. The summed E-state index contributed by atoms with van der Waals surface area (Å²) in [5.74, 6) is -7.74. The number of carboxylic acids is 3. The average molecular weight is 824 g/mol. The number of nitrogens with zero attached hydrogens (tertiary/aromatic N) is 5. The number of amides is 3. The molecule has 55 heavy (non-hydrogen) atoms. The molecule has 3 aliphatic rings. The maximum Gasteiger partial charge on any atom is 0.352 e. The predicted molar refractivity (Wildman–Crippen MR) is 198 cm³/mol. The first kappa shape index (κ1) is 41.1. The third-order valence-corrected chi connectivity index (χ3v) is 11.8. The van der Waals surface area contributed by atoms with Crippen LogP contribution in [0.15, 0.2) is 33.9 Å². The van der Waals surface area contributed by atoms with Gasteiger partial charge in [-0.2, -0.15) is 0 Å². The highest BCUT2D eigenvalue weighted by molar-refractivity contribution is 8.00. The molecular formula is C33H38ClN7O12S2. The predicted octanol–water partition coefficient (Wildman–Crippen LogP) is 1.58. The minimum absolute atomic E-state index is 0.0220. The summed E-state index contributed by atoms with van der Waals surface area (Å²) in [5, 5.41) is 54.6. The number of carbonyl (C=O) groups excluding carboxylic acids is 3. The quantitative estimate of drug-likeness (QED) is 0.0616. The van der Waals surface area contributed by atoms with Gasteiger partial charge in [-0.05, 0) is 37.5 Å². The van der Waals surface area contributed by atoms with Crippen molar-refractivity contribution in [1.29, 1.82) is 0 Å². The van der Waals surface area contributed by atoms with Gasteiger partial charge in [-0.1, -0.05) is 30.1 Å². The fraction of sp³-hybridized carbons (Fsp3) is 0.455. The fourth-order valence-corrected chi connectivity index (χ4v) is 8.75. The van der Waals surface area contributed by atoms with E-state index < -0.39 is 82.0 Å². The Balaban J connectivity index is 1.34. The Kier molecular flexibility index (Phi) is 12.8. The molecule has 0 saturated carbocycles. The molecule has 0 spiro atoms. The van der Waals surface area contributed by atoms with E-state index in [2.05, 4.69) is 15.5 Å². The SMILES string of the molecule is CCCC1CCN(CC2=C(C(=O)O)N3C(=O)[C@@H](NC(=O)/C(=N\O[C@@H](CC(=O)O)C(=O)O)c4csc(N)n4)[C@H]3S[C@H]2C)CCN1C(=O)c1ccc(O)c(O)c1Cl. The second-order valence-electron chi connectivity index (χ2n) is 12.8. The Morgan fingerprint density at radius 2 is 1.87 bits per heavy atom. The van der Waals surface area contributed by atoms with Gasteiger partial charge in [-0.25, -0.2) is 14.6 Å². The van der Waals surface area contributed by atoms with Gasteiger partial charge in [-0.15, -0.1) is 23.1 Å². The van der Waals surface area contributed by atoms with E-state index in [9.17, 15) is 49.2 Å². The topological polar surface area (TPSA) is 286 Å². The van der Waals surface area contributed by atoms with Crippen LogP contribution in [0, 0.1) is 0 Å². The second-order valence-corrected chi connectivity index (χ2v) is 15.6. The lowest BCUT2D eigenvalue weighted by molar-refractivity contribution is -0.156. The number of hydrogen-bond acceptors (Lipinski definition) is 15. The maximum atomic E-state index is 13.7. The summed E-state index contributed by atoms with van der Waals surface area (Å²) < 4.78 is 0. The number of aromatic nitrogens is 1. The molecule has 1 aromatic heterocycles. The Bertz CT molecular complexity index is 1960. The molecule has 5 atom stereocenters. The number of nitrogen functional groups attached to an aromatic ring is 1. The number of carbonyl (C=O) groups is 6. The van der Waals surface area contributed by atoms with Gasteiger partial charge in [0.05, 0.1) is 17.0 Å². The number of rotatable bonds is 14. The monoisotopic (exact) mass is 823 g/mol. The molecule has 0 aliphatic carbocycles. The molecule has 0 bridgehead atoms. The van der Waals surface area contributed by atoms with Gasteiger partial charge in [0.1, 0.15) is 22.8 Å². The summed E-state index contributed by atoms with van der Waals surface area (Å²) in [6, 6.07) is 1.11. The highest BCUT2D eigenvalue weighted by Crippen LogP contribution is 2.44. The number of aromatic hydroxyl groups is 2. The molecule has 1 unspecified atom stereocenters. The molecule has 3 amide bonds. The lowest BCUT2D eigenvalue weighted by atomic mass is 9.99. The van der Waals surface area contributed by atoms with Gasteiger partial charge >= 0.3 is 17.9 Å². The van der Waals surface area contributed by atoms with Crippen molar-refractivity contribution in [2.75, 3.05) is 31.9 Å². The lowest BCUT2D eigenvalue weighted by Gasteiger charge is -2.51. The number of β-lactam (4-membered cyclic amide) rings is 1. The Hall–Kier alpha value is -5.12. The Morgan fingerprint density at radius 3 is 2.49 bits per heavy atom.